The predicted octanol–water partition coefficient (Wildman–Crippen LogP) is 3.07. The Balaban J connectivity index is 1.63. The second-order valence-corrected chi connectivity index (χ2v) is 6.02. The highest BCUT2D eigenvalue weighted by Gasteiger charge is 2.24. The molecule has 0 bridgehead atoms. The summed E-state index contributed by atoms with van der Waals surface area (Å²) in [6, 6.07) is 12.8. The van der Waals surface area contributed by atoms with Gasteiger partial charge < -0.3 is 14.2 Å². The molecular formula is C20H24N2O4. The first-order valence-corrected chi connectivity index (χ1v) is 8.95. The van der Waals surface area contributed by atoms with Gasteiger partial charge >= 0.3 is 0 Å². The summed E-state index contributed by atoms with van der Waals surface area (Å²) >= 11 is 0. The highest BCUT2D eigenvalue weighted by molar-refractivity contribution is 5.93. The lowest BCUT2D eigenvalue weighted by atomic mass is 10.2. The zero-order valence-electron chi connectivity index (χ0n) is 15.0. The zero-order valence-corrected chi connectivity index (χ0v) is 15.0. The van der Waals surface area contributed by atoms with Crippen molar-refractivity contribution in [1.29, 1.82) is 0 Å². The molecule has 1 aromatic carbocycles. The van der Waals surface area contributed by atoms with Crippen LogP contribution < -0.4 is 14.4 Å². The number of rotatable bonds is 8. The molecule has 3 rings (SSSR count). The molecule has 1 amide bonds. The van der Waals surface area contributed by atoms with Crippen molar-refractivity contribution in [2.45, 2.75) is 25.9 Å². The van der Waals surface area contributed by atoms with Crippen LogP contribution in [0.15, 0.2) is 48.7 Å². The Labute approximate surface area is 153 Å². The third-order valence-electron chi connectivity index (χ3n) is 4.13. The molecule has 0 N–H and O–H groups in total. The number of ether oxygens (including phenoxy) is 3. The number of benzene rings is 1. The third-order valence-corrected chi connectivity index (χ3v) is 4.13. The summed E-state index contributed by atoms with van der Waals surface area (Å²) in [6.07, 6.45) is 3.71. The van der Waals surface area contributed by atoms with Gasteiger partial charge in [-0.1, -0.05) is 6.07 Å². The Morgan fingerprint density at radius 2 is 1.96 bits per heavy atom. The Kier molecular flexibility index (Phi) is 6.44. The van der Waals surface area contributed by atoms with Gasteiger partial charge in [0.05, 0.1) is 19.3 Å². The summed E-state index contributed by atoms with van der Waals surface area (Å²) in [5.41, 5.74) is 0. The zero-order chi connectivity index (χ0) is 18.2. The normalized spacial score (nSPS) is 16.3. The van der Waals surface area contributed by atoms with Gasteiger partial charge in [-0.05, 0) is 56.2 Å². The van der Waals surface area contributed by atoms with Gasteiger partial charge in [-0.15, -0.1) is 0 Å². The topological polar surface area (TPSA) is 60.9 Å². The van der Waals surface area contributed by atoms with E-state index in [1.54, 1.807) is 23.2 Å². The maximum absolute atomic E-state index is 12.8. The molecule has 1 aliphatic rings. The van der Waals surface area contributed by atoms with Crippen LogP contribution in [0, 0.1) is 0 Å². The molecule has 0 aliphatic carbocycles. The van der Waals surface area contributed by atoms with Gasteiger partial charge in [0.2, 0.25) is 0 Å². The van der Waals surface area contributed by atoms with Crippen molar-refractivity contribution < 1.29 is 19.0 Å². The number of anilines is 1. The van der Waals surface area contributed by atoms with Crippen molar-refractivity contribution in [1.82, 2.24) is 4.98 Å². The first kappa shape index (κ1) is 18.2. The second kappa shape index (κ2) is 9.20. The molecule has 0 radical (unpaired) electrons. The number of pyridine rings is 1. The number of aromatic nitrogens is 1. The summed E-state index contributed by atoms with van der Waals surface area (Å²) < 4.78 is 16.7. The lowest BCUT2D eigenvalue weighted by Crippen LogP contribution is -2.40. The van der Waals surface area contributed by atoms with E-state index in [0.29, 0.717) is 24.7 Å². The molecule has 1 aliphatic heterocycles. The lowest BCUT2D eigenvalue weighted by Gasteiger charge is -2.24. The van der Waals surface area contributed by atoms with Crippen molar-refractivity contribution in [2.75, 3.05) is 31.3 Å². The number of nitrogens with zero attached hydrogens (tertiary/aromatic N) is 2. The molecule has 138 valence electrons. The minimum Gasteiger partial charge on any atom is -0.494 e. The van der Waals surface area contributed by atoms with Gasteiger partial charge in [-0.25, -0.2) is 4.98 Å². The minimum absolute atomic E-state index is 0.0476. The molecule has 6 nitrogen and oxygen atoms in total. The monoisotopic (exact) mass is 356 g/mol. The third kappa shape index (κ3) is 4.95. The van der Waals surface area contributed by atoms with Crippen LogP contribution in [0.5, 0.6) is 11.5 Å². The van der Waals surface area contributed by atoms with E-state index in [9.17, 15) is 4.79 Å². The van der Waals surface area contributed by atoms with E-state index in [1.807, 2.05) is 37.3 Å². The van der Waals surface area contributed by atoms with E-state index >= 15 is 0 Å². The van der Waals surface area contributed by atoms with Crippen molar-refractivity contribution in [3.8, 4) is 11.5 Å². The van der Waals surface area contributed by atoms with Crippen LogP contribution >= 0.6 is 0 Å². The van der Waals surface area contributed by atoms with Crippen LogP contribution in [0.2, 0.25) is 0 Å². The number of hydrogen-bond donors (Lipinski definition) is 0. The molecule has 1 fully saturated rings. The molecule has 1 saturated heterocycles. The fourth-order valence-electron chi connectivity index (χ4n) is 2.85. The van der Waals surface area contributed by atoms with E-state index in [0.717, 1.165) is 25.2 Å². The molecule has 1 aromatic heterocycles. The summed E-state index contributed by atoms with van der Waals surface area (Å²) in [5, 5.41) is 0. The number of carbonyl (C=O) groups excluding carboxylic acids is 1. The van der Waals surface area contributed by atoms with Gasteiger partial charge in [-0.3, -0.25) is 9.69 Å². The first-order chi connectivity index (χ1) is 12.8. The Morgan fingerprint density at radius 3 is 2.58 bits per heavy atom. The van der Waals surface area contributed by atoms with E-state index < -0.39 is 0 Å². The van der Waals surface area contributed by atoms with Crippen molar-refractivity contribution in [3.05, 3.63) is 48.7 Å². The fraction of sp³-hybridized carbons (Fsp3) is 0.400. The summed E-state index contributed by atoms with van der Waals surface area (Å²) in [4.78, 5) is 18.7. The smallest absolute Gasteiger partial charge is 0.266 e. The van der Waals surface area contributed by atoms with E-state index in [4.69, 9.17) is 14.2 Å². The average molecular weight is 356 g/mol. The molecule has 2 heterocycles. The van der Waals surface area contributed by atoms with Crippen LogP contribution in [-0.4, -0.2) is 43.4 Å². The van der Waals surface area contributed by atoms with E-state index in [1.165, 1.54) is 0 Å². The number of amides is 1. The molecule has 1 unspecified atom stereocenters. The summed E-state index contributed by atoms with van der Waals surface area (Å²) in [5.74, 6) is 1.87. The highest BCUT2D eigenvalue weighted by atomic mass is 16.5. The van der Waals surface area contributed by atoms with E-state index in [-0.39, 0.29) is 18.6 Å². The molecule has 0 spiro atoms. The van der Waals surface area contributed by atoms with Crippen LogP contribution in [0.3, 0.4) is 0 Å². The van der Waals surface area contributed by atoms with Crippen LogP contribution in [0.25, 0.3) is 0 Å². The fourth-order valence-corrected chi connectivity index (χ4v) is 2.85. The van der Waals surface area contributed by atoms with Gasteiger partial charge in [0.25, 0.3) is 5.91 Å². The van der Waals surface area contributed by atoms with Crippen molar-refractivity contribution in [2.24, 2.45) is 0 Å². The average Bonchev–Trinajstić information content (AvgIpc) is 3.19. The largest absolute Gasteiger partial charge is 0.494 e. The molecule has 6 heteroatoms. The van der Waals surface area contributed by atoms with Crippen molar-refractivity contribution in [3.63, 3.8) is 0 Å². The summed E-state index contributed by atoms with van der Waals surface area (Å²) in [6.45, 7) is 3.72. The maximum atomic E-state index is 12.8. The summed E-state index contributed by atoms with van der Waals surface area (Å²) in [7, 11) is 0. The predicted molar refractivity (Wildman–Crippen MR) is 98.7 cm³/mol. The standard InChI is InChI=1S/C20H24N2O4/c1-2-24-16-8-10-17(11-9-16)26-15-20(23)22(14-18-6-5-13-25-18)19-7-3-4-12-21-19/h3-4,7-12,18H,2,5-6,13-15H2,1H3. The molecule has 2 aromatic rings. The van der Waals surface area contributed by atoms with E-state index in [2.05, 4.69) is 4.98 Å². The Bertz CT molecular complexity index is 685. The SMILES string of the molecule is CCOc1ccc(OCC(=O)N(CC2CCCO2)c2ccccn2)cc1. The van der Waals surface area contributed by atoms with Crippen LogP contribution in [0.4, 0.5) is 5.82 Å². The molecule has 0 saturated carbocycles. The molecule has 26 heavy (non-hydrogen) atoms. The molecule has 1 atom stereocenters. The van der Waals surface area contributed by atoms with Crippen molar-refractivity contribution >= 4 is 11.7 Å². The van der Waals surface area contributed by atoms with Crippen LogP contribution in [-0.2, 0) is 9.53 Å². The van der Waals surface area contributed by atoms with Gasteiger partial charge in [0.1, 0.15) is 17.3 Å². The second-order valence-electron chi connectivity index (χ2n) is 6.02. The van der Waals surface area contributed by atoms with Crippen LogP contribution in [0.1, 0.15) is 19.8 Å². The Morgan fingerprint density at radius 1 is 1.19 bits per heavy atom. The Hall–Kier alpha value is -2.60. The minimum atomic E-state index is -0.145. The number of carbonyl (C=O) groups is 1. The van der Waals surface area contributed by atoms with Gasteiger partial charge in [0, 0.05) is 12.8 Å². The lowest BCUT2D eigenvalue weighted by molar-refractivity contribution is -0.121. The first-order valence-electron chi connectivity index (χ1n) is 8.95. The quantitative estimate of drug-likeness (QED) is 0.727. The van der Waals surface area contributed by atoms with Gasteiger partial charge in [0.15, 0.2) is 6.61 Å². The maximum Gasteiger partial charge on any atom is 0.266 e. The molecular weight excluding hydrogens is 332 g/mol. The number of hydrogen-bond acceptors (Lipinski definition) is 5. The highest BCUT2D eigenvalue weighted by Crippen LogP contribution is 2.20. The van der Waals surface area contributed by atoms with Gasteiger partial charge in [-0.2, -0.15) is 0 Å².